The molecule has 0 aromatic heterocycles. The van der Waals surface area contributed by atoms with E-state index in [2.05, 4.69) is 6.58 Å². The third kappa shape index (κ3) is 2.85. The van der Waals surface area contributed by atoms with E-state index in [1.54, 1.807) is 12.1 Å². The molecule has 2 aromatic carbocycles. The second kappa shape index (κ2) is 5.72. The summed E-state index contributed by atoms with van der Waals surface area (Å²) >= 11 is 0. The molecule has 0 spiro atoms. The van der Waals surface area contributed by atoms with Crippen molar-refractivity contribution in [1.29, 1.82) is 0 Å². The third-order valence-corrected chi connectivity index (χ3v) is 3.54. The Morgan fingerprint density at radius 1 is 1.17 bits per heavy atom. The van der Waals surface area contributed by atoms with Crippen molar-refractivity contribution < 1.29 is 31.8 Å². The van der Waals surface area contributed by atoms with Gasteiger partial charge in [0.1, 0.15) is 10.1 Å². The van der Waals surface area contributed by atoms with Crippen LogP contribution < -0.4 is 18.9 Å². The van der Waals surface area contributed by atoms with Crippen LogP contribution in [0.15, 0.2) is 53.9 Å². The van der Waals surface area contributed by atoms with E-state index in [-0.39, 0.29) is 23.8 Å². The van der Waals surface area contributed by atoms with Gasteiger partial charge in [-0.3, -0.25) is 0 Å². The summed E-state index contributed by atoms with van der Waals surface area (Å²) in [5.74, 6) is 0. The number of allylic oxidation sites excluding steroid dienone is 1. The average Bonchev–Trinajstić information content (AvgIpc) is 2.28. The molecule has 3 nitrogen and oxygen atoms in total. The van der Waals surface area contributed by atoms with Gasteiger partial charge in [0.2, 0.25) is 0 Å². The fraction of sp³-hybridized carbons (Fsp3) is 0.0769. The zero-order valence-corrected chi connectivity index (χ0v) is 10.9. The summed E-state index contributed by atoms with van der Waals surface area (Å²) < 4.78 is 33.5. The Kier molecular flexibility index (Phi) is 4.77. The zero-order chi connectivity index (χ0) is 12.5. The Bertz CT molecular complexity index is 678. The molecule has 0 saturated heterocycles. The van der Waals surface area contributed by atoms with Crippen LogP contribution in [0, 0.1) is 0 Å². The van der Waals surface area contributed by atoms with Gasteiger partial charge in [-0.25, -0.2) is 8.42 Å². The molecule has 0 aliphatic rings. The minimum atomic E-state index is -4.44. The first-order valence-corrected chi connectivity index (χ1v) is 6.52. The van der Waals surface area contributed by atoms with Gasteiger partial charge in [-0.15, -0.1) is 6.58 Å². The number of hydrogen-bond acceptors (Lipinski definition) is 3. The molecule has 0 amide bonds. The SMILES string of the molecule is C=CCc1c(S(=O)(=O)[O-])ccc2ccccc12.[Li+]. The topological polar surface area (TPSA) is 57.2 Å². The first kappa shape index (κ1) is 15.0. The Hall–Kier alpha value is -1.05. The smallest absolute Gasteiger partial charge is 0.744 e. The molecule has 0 aliphatic heterocycles. The van der Waals surface area contributed by atoms with E-state index < -0.39 is 10.1 Å². The fourth-order valence-electron chi connectivity index (χ4n) is 1.91. The van der Waals surface area contributed by atoms with E-state index in [0.29, 0.717) is 12.0 Å². The van der Waals surface area contributed by atoms with Crippen molar-refractivity contribution in [3.63, 3.8) is 0 Å². The van der Waals surface area contributed by atoms with Crippen molar-refractivity contribution in [2.24, 2.45) is 0 Å². The maximum absolute atomic E-state index is 11.2. The molecule has 0 radical (unpaired) electrons. The van der Waals surface area contributed by atoms with E-state index in [4.69, 9.17) is 0 Å². The molecule has 2 rings (SSSR count). The van der Waals surface area contributed by atoms with Gasteiger partial charge in [0.25, 0.3) is 0 Å². The van der Waals surface area contributed by atoms with Gasteiger partial charge in [-0.05, 0) is 28.8 Å². The second-order valence-electron chi connectivity index (χ2n) is 3.71. The van der Waals surface area contributed by atoms with E-state index in [9.17, 15) is 13.0 Å². The van der Waals surface area contributed by atoms with Crippen LogP contribution in [0.25, 0.3) is 10.8 Å². The predicted molar refractivity (Wildman–Crippen MR) is 65.8 cm³/mol. The van der Waals surface area contributed by atoms with E-state index >= 15 is 0 Å². The Morgan fingerprint density at radius 2 is 1.83 bits per heavy atom. The Balaban J connectivity index is 0.00000162. The van der Waals surface area contributed by atoms with Gasteiger partial charge in [0, 0.05) is 0 Å². The van der Waals surface area contributed by atoms with Gasteiger partial charge in [-0.1, -0.05) is 36.4 Å². The number of hydrogen-bond donors (Lipinski definition) is 0. The minimum absolute atomic E-state index is 0. The molecular weight excluding hydrogens is 243 g/mol. The molecule has 88 valence electrons. The molecule has 0 N–H and O–H groups in total. The van der Waals surface area contributed by atoms with Crippen molar-refractivity contribution in [3.05, 3.63) is 54.6 Å². The maximum Gasteiger partial charge on any atom is 1.00 e. The maximum atomic E-state index is 11.2. The number of benzene rings is 2. The summed E-state index contributed by atoms with van der Waals surface area (Å²) in [5.41, 5.74) is 0.521. The van der Waals surface area contributed by atoms with Crippen LogP contribution in [0.2, 0.25) is 0 Å². The molecule has 0 aliphatic carbocycles. The van der Waals surface area contributed by atoms with Crippen LogP contribution in [0.4, 0.5) is 0 Å². The van der Waals surface area contributed by atoms with Crippen LogP contribution >= 0.6 is 0 Å². The van der Waals surface area contributed by atoms with E-state index in [1.165, 1.54) is 6.07 Å². The summed E-state index contributed by atoms with van der Waals surface area (Å²) in [6, 6.07) is 10.4. The second-order valence-corrected chi connectivity index (χ2v) is 5.06. The zero-order valence-electron chi connectivity index (χ0n) is 10.1. The predicted octanol–water partition coefficient (Wildman–Crippen LogP) is -0.524. The van der Waals surface area contributed by atoms with Crippen LogP contribution in [-0.2, 0) is 16.5 Å². The molecule has 0 unspecified atom stereocenters. The minimum Gasteiger partial charge on any atom is -0.744 e. The normalized spacial score (nSPS) is 10.9. The van der Waals surface area contributed by atoms with Gasteiger partial charge < -0.3 is 4.55 Å². The fourth-order valence-corrected chi connectivity index (χ4v) is 2.63. The standard InChI is InChI=1S/C13H12O3S.Li/c1-2-5-12-11-7-4-3-6-10(11)8-9-13(12)17(14,15)16;/h2-4,6-9H,1,5H2,(H,14,15,16);/q;+1/p-1. The van der Waals surface area contributed by atoms with Crippen molar-refractivity contribution in [3.8, 4) is 0 Å². The van der Waals surface area contributed by atoms with Crippen LogP contribution in [0.5, 0.6) is 0 Å². The first-order valence-electron chi connectivity index (χ1n) is 5.11. The van der Waals surface area contributed by atoms with Crippen molar-refractivity contribution in [1.82, 2.24) is 0 Å². The molecule has 0 atom stereocenters. The van der Waals surface area contributed by atoms with E-state index in [0.717, 1.165) is 10.8 Å². The van der Waals surface area contributed by atoms with Crippen LogP contribution in [0.3, 0.4) is 0 Å². The van der Waals surface area contributed by atoms with Crippen molar-refractivity contribution in [2.45, 2.75) is 11.3 Å². The average molecular weight is 254 g/mol. The quantitative estimate of drug-likeness (QED) is 0.420. The molecule has 0 heterocycles. The summed E-state index contributed by atoms with van der Waals surface area (Å²) in [7, 11) is -4.44. The van der Waals surface area contributed by atoms with Gasteiger partial charge in [0.15, 0.2) is 0 Å². The molecule has 0 fully saturated rings. The van der Waals surface area contributed by atoms with E-state index in [1.807, 2.05) is 24.3 Å². The summed E-state index contributed by atoms with van der Waals surface area (Å²) in [6.07, 6.45) is 1.95. The Labute approximate surface area is 118 Å². The first-order chi connectivity index (χ1) is 8.04. The van der Waals surface area contributed by atoms with Crippen molar-refractivity contribution >= 4 is 20.9 Å². The molecule has 18 heavy (non-hydrogen) atoms. The number of fused-ring (bicyclic) bond motifs is 1. The van der Waals surface area contributed by atoms with Crippen LogP contribution in [-0.4, -0.2) is 13.0 Å². The summed E-state index contributed by atoms with van der Waals surface area (Å²) in [6.45, 7) is 3.59. The van der Waals surface area contributed by atoms with Gasteiger partial charge in [0.05, 0.1) is 4.90 Å². The third-order valence-electron chi connectivity index (χ3n) is 2.62. The summed E-state index contributed by atoms with van der Waals surface area (Å²) in [5, 5.41) is 1.70. The molecule has 0 bridgehead atoms. The van der Waals surface area contributed by atoms with Crippen molar-refractivity contribution in [2.75, 3.05) is 0 Å². The molecule has 5 heteroatoms. The monoisotopic (exact) mass is 254 g/mol. The number of rotatable bonds is 3. The van der Waals surface area contributed by atoms with Gasteiger partial charge >= 0.3 is 18.9 Å². The molecule has 2 aromatic rings. The Morgan fingerprint density at radius 3 is 2.44 bits per heavy atom. The molecular formula is C13H11LiO3S. The molecule has 0 saturated carbocycles. The van der Waals surface area contributed by atoms with Gasteiger partial charge in [-0.2, -0.15) is 0 Å². The van der Waals surface area contributed by atoms with Crippen LogP contribution in [0.1, 0.15) is 5.56 Å². The summed E-state index contributed by atoms with van der Waals surface area (Å²) in [4.78, 5) is -0.156. The largest absolute Gasteiger partial charge is 1.00 e.